The molecule has 1 atom stereocenters. The predicted octanol–water partition coefficient (Wildman–Crippen LogP) is 5.94. The first kappa shape index (κ1) is 21.9. The third kappa shape index (κ3) is 3.74. The molecule has 3 aromatic carbocycles. The van der Waals surface area contributed by atoms with Crippen molar-refractivity contribution in [1.29, 1.82) is 0 Å². The second-order valence-corrected chi connectivity index (χ2v) is 8.23. The number of ether oxygens (including phenoxy) is 1. The Hall–Kier alpha value is -3.28. The second kappa shape index (κ2) is 8.69. The van der Waals surface area contributed by atoms with Crippen molar-refractivity contribution < 1.29 is 19.4 Å². The van der Waals surface area contributed by atoms with Crippen LogP contribution in [0.5, 0.6) is 5.75 Å². The lowest BCUT2D eigenvalue weighted by atomic mass is 9.94. The number of carbonyl (C=O) groups excluding carboxylic acids is 2. The number of anilines is 1. The molecule has 32 heavy (non-hydrogen) atoms. The van der Waals surface area contributed by atoms with E-state index in [4.69, 9.17) is 27.9 Å². The third-order valence-electron chi connectivity index (χ3n) is 5.31. The van der Waals surface area contributed by atoms with Gasteiger partial charge in [-0.1, -0.05) is 53.5 Å². The van der Waals surface area contributed by atoms with Crippen LogP contribution in [0.25, 0.3) is 5.76 Å². The van der Waals surface area contributed by atoms with Crippen LogP contribution in [-0.4, -0.2) is 23.9 Å². The smallest absolute Gasteiger partial charge is 0.300 e. The Balaban J connectivity index is 1.99. The van der Waals surface area contributed by atoms with E-state index in [1.807, 2.05) is 13.0 Å². The number of aliphatic hydroxyl groups is 1. The SMILES string of the molecule is COc1c(Cl)cc(C)cc1/C(O)=C1\C(=O)C(=O)N(c2ccc(Cl)cc2)C1c1ccccc1. The lowest BCUT2D eigenvalue weighted by Crippen LogP contribution is -2.29. The van der Waals surface area contributed by atoms with Crippen molar-refractivity contribution in [2.24, 2.45) is 0 Å². The minimum atomic E-state index is -0.846. The number of benzene rings is 3. The molecule has 1 unspecified atom stereocenters. The van der Waals surface area contributed by atoms with Crippen LogP contribution >= 0.6 is 23.2 Å². The Morgan fingerprint density at radius 2 is 1.66 bits per heavy atom. The van der Waals surface area contributed by atoms with E-state index in [0.29, 0.717) is 16.3 Å². The molecule has 1 fully saturated rings. The molecule has 0 aliphatic carbocycles. The van der Waals surface area contributed by atoms with E-state index < -0.39 is 17.7 Å². The molecule has 0 spiro atoms. The summed E-state index contributed by atoms with van der Waals surface area (Å²) < 4.78 is 5.39. The quantitative estimate of drug-likeness (QED) is 0.293. The number of hydrogen-bond acceptors (Lipinski definition) is 4. The molecule has 4 rings (SSSR count). The summed E-state index contributed by atoms with van der Waals surface area (Å²) in [6, 6.07) is 18.2. The molecule has 1 aliphatic rings. The van der Waals surface area contributed by atoms with E-state index in [2.05, 4.69) is 0 Å². The zero-order chi connectivity index (χ0) is 23.0. The minimum Gasteiger partial charge on any atom is -0.507 e. The van der Waals surface area contributed by atoms with Gasteiger partial charge in [0.1, 0.15) is 11.5 Å². The summed E-state index contributed by atoms with van der Waals surface area (Å²) in [6.07, 6.45) is 0. The Bertz CT molecular complexity index is 1240. The lowest BCUT2D eigenvalue weighted by molar-refractivity contribution is -0.132. The summed E-state index contributed by atoms with van der Waals surface area (Å²) in [7, 11) is 1.42. The molecule has 0 saturated carbocycles. The number of amides is 1. The molecule has 0 bridgehead atoms. The average Bonchev–Trinajstić information content (AvgIpc) is 3.04. The van der Waals surface area contributed by atoms with Crippen LogP contribution in [0, 0.1) is 6.92 Å². The molecule has 1 amide bonds. The Morgan fingerprint density at radius 1 is 1.00 bits per heavy atom. The van der Waals surface area contributed by atoms with Crippen LogP contribution in [0.15, 0.2) is 72.3 Å². The van der Waals surface area contributed by atoms with Gasteiger partial charge in [-0.05, 0) is 54.4 Å². The van der Waals surface area contributed by atoms with Crippen LogP contribution in [0.4, 0.5) is 5.69 Å². The maximum atomic E-state index is 13.2. The number of aryl methyl sites for hydroxylation is 1. The highest BCUT2D eigenvalue weighted by molar-refractivity contribution is 6.51. The highest BCUT2D eigenvalue weighted by atomic mass is 35.5. The number of methoxy groups -OCH3 is 1. The largest absolute Gasteiger partial charge is 0.507 e. The van der Waals surface area contributed by atoms with Gasteiger partial charge in [0.2, 0.25) is 0 Å². The highest BCUT2D eigenvalue weighted by Gasteiger charge is 2.47. The first-order valence-electron chi connectivity index (χ1n) is 9.79. The fraction of sp³-hybridized carbons (Fsp3) is 0.120. The number of Topliss-reactive ketones (excluding diaryl/α,β-unsaturated/α-hetero) is 1. The van der Waals surface area contributed by atoms with Crippen LogP contribution < -0.4 is 9.64 Å². The fourth-order valence-corrected chi connectivity index (χ4v) is 4.39. The normalized spacial score (nSPS) is 17.6. The van der Waals surface area contributed by atoms with Crippen molar-refractivity contribution in [1.82, 2.24) is 0 Å². The van der Waals surface area contributed by atoms with Crippen LogP contribution in [0.3, 0.4) is 0 Å². The van der Waals surface area contributed by atoms with E-state index in [9.17, 15) is 14.7 Å². The van der Waals surface area contributed by atoms with E-state index >= 15 is 0 Å². The maximum Gasteiger partial charge on any atom is 0.300 e. The molecular formula is C25H19Cl2NO4. The van der Waals surface area contributed by atoms with Crippen molar-refractivity contribution in [3.8, 4) is 5.75 Å². The number of hydrogen-bond donors (Lipinski definition) is 1. The van der Waals surface area contributed by atoms with Gasteiger partial charge in [0.15, 0.2) is 0 Å². The number of ketones is 1. The summed E-state index contributed by atoms with van der Waals surface area (Å²) in [5.74, 6) is -1.68. The van der Waals surface area contributed by atoms with E-state index in [1.54, 1.807) is 60.7 Å². The van der Waals surface area contributed by atoms with Crippen molar-refractivity contribution in [3.05, 3.63) is 99.0 Å². The van der Waals surface area contributed by atoms with Crippen LogP contribution in [0.1, 0.15) is 22.7 Å². The number of rotatable bonds is 4. The molecule has 1 heterocycles. The Kier molecular flexibility index (Phi) is 5.96. The van der Waals surface area contributed by atoms with E-state index in [0.717, 1.165) is 5.56 Å². The number of carbonyl (C=O) groups is 2. The molecule has 162 valence electrons. The maximum absolute atomic E-state index is 13.2. The van der Waals surface area contributed by atoms with E-state index in [-0.39, 0.29) is 27.7 Å². The summed E-state index contributed by atoms with van der Waals surface area (Å²) in [4.78, 5) is 27.7. The Labute approximate surface area is 195 Å². The predicted molar refractivity (Wildman–Crippen MR) is 125 cm³/mol. The first-order chi connectivity index (χ1) is 15.3. The number of halogens is 2. The van der Waals surface area contributed by atoms with Gasteiger partial charge >= 0.3 is 0 Å². The van der Waals surface area contributed by atoms with Gasteiger partial charge < -0.3 is 9.84 Å². The monoisotopic (exact) mass is 467 g/mol. The van der Waals surface area contributed by atoms with Gasteiger partial charge in [-0.3, -0.25) is 14.5 Å². The van der Waals surface area contributed by atoms with Gasteiger partial charge in [-0.15, -0.1) is 0 Å². The lowest BCUT2D eigenvalue weighted by Gasteiger charge is -2.25. The summed E-state index contributed by atoms with van der Waals surface area (Å²) >= 11 is 12.3. The molecule has 1 N–H and O–H groups in total. The molecule has 0 radical (unpaired) electrons. The van der Waals surface area contributed by atoms with Crippen molar-refractivity contribution in [2.75, 3.05) is 12.0 Å². The zero-order valence-corrected chi connectivity index (χ0v) is 18.8. The zero-order valence-electron chi connectivity index (χ0n) is 17.3. The van der Waals surface area contributed by atoms with Gasteiger partial charge in [0.25, 0.3) is 11.7 Å². The summed E-state index contributed by atoms with van der Waals surface area (Å²) in [5.41, 5.74) is 2.11. The Morgan fingerprint density at radius 3 is 2.28 bits per heavy atom. The number of aliphatic hydroxyl groups excluding tert-OH is 1. The van der Waals surface area contributed by atoms with Gasteiger partial charge in [0, 0.05) is 10.7 Å². The molecular weight excluding hydrogens is 449 g/mol. The van der Waals surface area contributed by atoms with E-state index in [1.165, 1.54) is 12.0 Å². The standard InChI is InChI=1S/C25H19Cl2NO4/c1-14-12-18(24(32-2)19(27)13-14)22(29)20-21(15-6-4-3-5-7-15)28(25(31)23(20)30)17-10-8-16(26)9-11-17/h3-13,21,29H,1-2H3/b22-20+. The molecule has 7 heteroatoms. The molecule has 5 nitrogen and oxygen atoms in total. The third-order valence-corrected chi connectivity index (χ3v) is 5.84. The first-order valence-corrected chi connectivity index (χ1v) is 10.5. The fourth-order valence-electron chi connectivity index (χ4n) is 3.91. The highest BCUT2D eigenvalue weighted by Crippen LogP contribution is 2.44. The van der Waals surface area contributed by atoms with Gasteiger partial charge in [-0.2, -0.15) is 0 Å². The minimum absolute atomic E-state index is 0.0453. The van der Waals surface area contributed by atoms with Gasteiger partial charge in [-0.25, -0.2) is 0 Å². The second-order valence-electron chi connectivity index (χ2n) is 7.38. The summed E-state index contributed by atoms with van der Waals surface area (Å²) in [5, 5.41) is 12.1. The summed E-state index contributed by atoms with van der Waals surface area (Å²) in [6.45, 7) is 1.81. The molecule has 1 saturated heterocycles. The molecule has 3 aromatic rings. The topological polar surface area (TPSA) is 66.8 Å². The van der Waals surface area contributed by atoms with Crippen LogP contribution in [-0.2, 0) is 9.59 Å². The van der Waals surface area contributed by atoms with Crippen molar-refractivity contribution >= 4 is 46.3 Å². The average molecular weight is 468 g/mol. The number of nitrogens with zero attached hydrogens (tertiary/aromatic N) is 1. The molecule has 1 aliphatic heterocycles. The van der Waals surface area contributed by atoms with Crippen molar-refractivity contribution in [2.45, 2.75) is 13.0 Å². The van der Waals surface area contributed by atoms with Crippen LogP contribution in [0.2, 0.25) is 10.0 Å². The van der Waals surface area contributed by atoms with Crippen molar-refractivity contribution in [3.63, 3.8) is 0 Å². The molecule has 0 aromatic heterocycles. The van der Waals surface area contributed by atoms with Gasteiger partial charge in [0.05, 0.1) is 29.3 Å².